The largest absolute Gasteiger partial charge is 0.459 e. The number of sulfonamides is 1. The molecule has 0 spiro atoms. The third-order valence-electron chi connectivity index (χ3n) is 7.42. The monoisotopic (exact) mass is 687 g/mol. The van der Waals surface area contributed by atoms with Gasteiger partial charge in [-0.2, -0.15) is 8.42 Å². The van der Waals surface area contributed by atoms with E-state index in [1.807, 2.05) is 18.8 Å². The molecule has 0 bridgehead atoms. The van der Waals surface area contributed by atoms with Gasteiger partial charge in [-0.25, -0.2) is 26.3 Å². The minimum Gasteiger partial charge on any atom is -0.459 e. The van der Waals surface area contributed by atoms with Gasteiger partial charge < -0.3 is 14.5 Å². The molecule has 1 rings (SSSR count). The molecule has 3 N–H and O–H groups in total. The fourth-order valence-corrected chi connectivity index (χ4v) is 6.28. The zero-order valence-electron chi connectivity index (χ0n) is 26.4. The Balaban J connectivity index is 2.80. The van der Waals surface area contributed by atoms with Crippen molar-refractivity contribution in [2.75, 3.05) is 52.6 Å². The topological polar surface area (TPSA) is 205 Å². The molecule has 1 unspecified atom stereocenters. The van der Waals surface area contributed by atoms with E-state index >= 15 is 0 Å². The summed E-state index contributed by atoms with van der Waals surface area (Å²) in [4.78, 5) is 26.7. The second kappa shape index (κ2) is 15.6. The van der Waals surface area contributed by atoms with Crippen LogP contribution < -0.4 is 10.0 Å². The molecule has 0 aliphatic heterocycles. The number of carbonyl (C=O) groups is 2. The molecule has 0 heterocycles. The molecule has 1 aromatic carbocycles. The van der Waals surface area contributed by atoms with Crippen LogP contribution in [0.1, 0.15) is 52.5 Å². The van der Waals surface area contributed by atoms with Crippen molar-refractivity contribution in [3.8, 4) is 0 Å². The van der Waals surface area contributed by atoms with Crippen molar-refractivity contribution >= 4 is 37.7 Å². The minimum atomic E-state index is -4.93. The summed E-state index contributed by atoms with van der Waals surface area (Å²) in [7, 11) is -5.37. The molecule has 0 fully saturated rings. The van der Waals surface area contributed by atoms with Gasteiger partial charge in [-0.3, -0.25) is 14.1 Å². The average Bonchev–Trinajstić information content (AvgIpc) is 2.90. The quantitative estimate of drug-likeness (QED) is 0.0304. The fourth-order valence-electron chi connectivity index (χ4n) is 4.55. The highest BCUT2D eigenvalue weighted by molar-refractivity contribution is 7.89. The Hall–Kier alpha value is -2.96. The summed E-state index contributed by atoms with van der Waals surface area (Å²) in [5.41, 5.74) is 4.52. The second-order valence-corrected chi connectivity index (χ2v) is 15.5. The van der Waals surface area contributed by atoms with Crippen molar-refractivity contribution in [1.29, 1.82) is 0 Å². The number of ether oxygens (including phenoxy) is 1. The van der Waals surface area contributed by atoms with Crippen LogP contribution in [0.15, 0.2) is 10.0 Å². The molecule has 1 amide bonds. The van der Waals surface area contributed by atoms with Gasteiger partial charge in [-0.15, -0.1) is 0 Å². The number of halogens is 3. The highest BCUT2D eigenvalue weighted by Crippen LogP contribution is 2.38. The van der Waals surface area contributed by atoms with E-state index in [1.54, 1.807) is 27.7 Å². The molecule has 256 valence electrons. The number of nitrogens with zero attached hydrogens (tertiary/aromatic N) is 4. The number of quaternary nitrogens is 1. The number of rotatable bonds is 18. The molecule has 0 radical (unpaired) electrons. The first-order valence-corrected chi connectivity index (χ1v) is 17.0. The van der Waals surface area contributed by atoms with Gasteiger partial charge >= 0.3 is 5.97 Å². The van der Waals surface area contributed by atoms with Crippen LogP contribution in [-0.2, 0) is 34.5 Å². The lowest BCUT2D eigenvalue weighted by Crippen LogP contribution is -2.46. The summed E-state index contributed by atoms with van der Waals surface area (Å²) in [5.74, 6) is -7.02. The Labute approximate surface area is 261 Å². The van der Waals surface area contributed by atoms with E-state index in [2.05, 4.69) is 15.3 Å². The molecule has 1 aromatic rings. The lowest BCUT2D eigenvalue weighted by molar-refractivity contribution is -0.890. The molecular weight excluding hydrogens is 645 g/mol. The number of amides is 1. The van der Waals surface area contributed by atoms with Gasteiger partial charge in [0.2, 0.25) is 15.9 Å². The van der Waals surface area contributed by atoms with Crippen LogP contribution in [0, 0.1) is 35.2 Å². The Kier molecular flexibility index (Phi) is 13.8. The summed E-state index contributed by atoms with van der Waals surface area (Å²) >= 11 is 0. The van der Waals surface area contributed by atoms with Crippen LogP contribution in [0.25, 0.3) is 10.4 Å². The van der Waals surface area contributed by atoms with Crippen LogP contribution in [0.3, 0.4) is 0 Å². The van der Waals surface area contributed by atoms with E-state index < -0.39 is 83.0 Å². The first-order valence-electron chi connectivity index (χ1n) is 13.9. The summed E-state index contributed by atoms with van der Waals surface area (Å²) in [6, 6.07) is 0. The number of hydrogen-bond donors (Lipinski definition) is 3. The Morgan fingerprint density at radius 1 is 1.04 bits per heavy atom. The highest BCUT2D eigenvalue weighted by atomic mass is 32.2. The van der Waals surface area contributed by atoms with E-state index in [-0.39, 0.29) is 31.7 Å². The zero-order valence-corrected chi connectivity index (χ0v) is 28.0. The van der Waals surface area contributed by atoms with E-state index in [0.717, 1.165) is 6.92 Å². The number of nitrogens with one attached hydrogen (secondary N) is 2. The summed E-state index contributed by atoms with van der Waals surface area (Å²) in [6.45, 7) is 7.43. The molecule has 0 saturated heterocycles. The molecule has 0 aliphatic carbocycles. The maximum Gasteiger partial charge on any atom is 0.312 e. The van der Waals surface area contributed by atoms with Crippen molar-refractivity contribution in [1.82, 2.24) is 10.0 Å². The van der Waals surface area contributed by atoms with E-state index in [4.69, 9.17) is 14.8 Å². The predicted octanol–water partition coefficient (Wildman–Crippen LogP) is 3.48. The van der Waals surface area contributed by atoms with Crippen molar-refractivity contribution in [3.63, 3.8) is 0 Å². The third kappa shape index (κ3) is 11.4. The fraction of sp³-hybridized carbons (Fsp3) is 0.692. The number of hydrogen-bond acceptors (Lipinski definition) is 8. The number of azide groups is 1. The smallest absolute Gasteiger partial charge is 0.312 e. The summed E-state index contributed by atoms with van der Waals surface area (Å²) < 4.78 is 107. The average molecular weight is 688 g/mol. The van der Waals surface area contributed by atoms with Crippen LogP contribution in [0.5, 0.6) is 0 Å². The third-order valence-corrected chi connectivity index (χ3v) is 9.70. The summed E-state index contributed by atoms with van der Waals surface area (Å²) in [6.07, 6.45) is 0.585. The standard InChI is InChI=1S/C26H41F3N6O8S2/c1-8-26(5,24(37)43-14-13-35(6,7)12-9-15-44(38,39)40)16-25(3,4)23(36)31-10-11-32-45(41,42)22-18(27)17(2)21(33-34-30)19(28)20(22)29/h32H,8-16H2,1-7H3,(H-,31,36,38,39,40)/p+1. The second-order valence-electron chi connectivity index (χ2n) is 12.2. The maximum absolute atomic E-state index is 14.7. The van der Waals surface area contributed by atoms with Crippen LogP contribution in [0.2, 0.25) is 0 Å². The van der Waals surface area contributed by atoms with Crippen molar-refractivity contribution in [2.24, 2.45) is 15.9 Å². The first-order chi connectivity index (χ1) is 20.4. The molecule has 0 aromatic heterocycles. The highest BCUT2D eigenvalue weighted by Gasteiger charge is 2.42. The van der Waals surface area contributed by atoms with Crippen LogP contribution in [0.4, 0.5) is 18.9 Å². The first kappa shape index (κ1) is 40.1. The van der Waals surface area contributed by atoms with Crippen molar-refractivity contribution in [2.45, 2.75) is 58.8 Å². The summed E-state index contributed by atoms with van der Waals surface area (Å²) in [5, 5.41) is 5.37. The van der Waals surface area contributed by atoms with Crippen molar-refractivity contribution < 1.29 is 53.4 Å². The van der Waals surface area contributed by atoms with Crippen LogP contribution in [-0.4, -0.2) is 90.4 Å². The Bertz CT molecular complexity index is 1500. The van der Waals surface area contributed by atoms with E-state index in [9.17, 15) is 39.6 Å². The Morgan fingerprint density at radius 2 is 1.64 bits per heavy atom. The molecule has 0 aliphatic rings. The van der Waals surface area contributed by atoms with Gasteiger partial charge in [0.1, 0.15) is 19.0 Å². The number of carbonyl (C=O) groups excluding carboxylic acids is 2. The SMILES string of the molecule is CCC(C)(CC(C)(C)C(=O)NCCNS(=O)(=O)c1c(F)c(C)c(N=[N+]=[N-])c(F)c1F)C(=O)OCC[N+](C)(C)CCCS(=O)(=O)O. The predicted molar refractivity (Wildman–Crippen MR) is 159 cm³/mol. The molecular formula is C26H42F3N6O8S2+. The Morgan fingerprint density at radius 3 is 2.18 bits per heavy atom. The number of benzene rings is 1. The van der Waals surface area contributed by atoms with E-state index in [0.29, 0.717) is 24.0 Å². The number of esters is 1. The van der Waals surface area contributed by atoms with E-state index in [1.165, 1.54) is 0 Å². The van der Waals surface area contributed by atoms with Gasteiger partial charge in [0.25, 0.3) is 10.1 Å². The lowest BCUT2D eigenvalue weighted by Gasteiger charge is -2.35. The molecule has 14 nitrogen and oxygen atoms in total. The van der Waals surface area contributed by atoms with Gasteiger partial charge in [0.05, 0.1) is 37.5 Å². The zero-order chi connectivity index (χ0) is 35.0. The molecule has 1 atom stereocenters. The van der Waals surface area contributed by atoms with Crippen LogP contribution >= 0.6 is 0 Å². The van der Waals surface area contributed by atoms with Gasteiger partial charge in [-0.1, -0.05) is 25.9 Å². The maximum atomic E-state index is 14.7. The molecule has 0 saturated carbocycles. The normalized spacial score (nSPS) is 13.9. The lowest BCUT2D eigenvalue weighted by atomic mass is 9.72. The van der Waals surface area contributed by atoms with Gasteiger partial charge in [0, 0.05) is 29.8 Å². The minimum absolute atomic E-state index is 0.0267. The van der Waals surface area contributed by atoms with Gasteiger partial charge in [-0.05, 0) is 37.8 Å². The van der Waals surface area contributed by atoms with Crippen molar-refractivity contribution in [3.05, 3.63) is 33.5 Å². The molecule has 45 heavy (non-hydrogen) atoms. The van der Waals surface area contributed by atoms with Gasteiger partial charge in [0.15, 0.2) is 16.5 Å². The molecule has 19 heteroatoms. The number of likely N-dealkylation sites (N-methyl/N-ethyl adjacent to an activating group) is 1.